The van der Waals surface area contributed by atoms with Crippen molar-refractivity contribution in [3.63, 3.8) is 0 Å². The fourth-order valence-corrected chi connectivity index (χ4v) is 2.86. The van der Waals surface area contributed by atoms with Crippen molar-refractivity contribution in [1.29, 1.82) is 0 Å². The molecule has 0 aliphatic carbocycles. The van der Waals surface area contributed by atoms with E-state index in [2.05, 4.69) is 15.4 Å². The lowest BCUT2D eigenvalue weighted by molar-refractivity contribution is -0.124. The molecule has 1 aromatic heterocycles. The minimum absolute atomic E-state index is 0.0185. The number of ketones is 1. The zero-order valence-corrected chi connectivity index (χ0v) is 11.1. The number of hydrogen-bond donors (Lipinski definition) is 0. The van der Waals surface area contributed by atoms with Gasteiger partial charge in [-0.25, -0.2) is 0 Å². The maximum absolute atomic E-state index is 12.1. The van der Waals surface area contributed by atoms with Gasteiger partial charge in [0.2, 0.25) is 0 Å². The largest absolute Gasteiger partial charge is 0.481 e. The number of thioether (sulfide) groups is 1. The van der Waals surface area contributed by atoms with Gasteiger partial charge in [0.25, 0.3) is 0 Å². The fraction of sp³-hybridized carbons (Fsp3) is 0.333. The number of rotatable bonds is 3. The van der Waals surface area contributed by atoms with Crippen LogP contribution in [0.1, 0.15) is 5.82 Å². The van der Waals surface area contributed by atoms with E-state index < -0.39 is 6.10 Å². The molecule has 1 unspecified atom stereocenters. The first kappa shape index (κ1) is 12.2. The molecule has 0 amide bonds. The van der Waals surface area contributed by atoms with E-state index in [-0.39, 0.29) is 12.2 Å². The molecule has 3 rings (SSSR count). The third kappa shape index (κ3) is 2.60. The summed E-state index contributed by atoms with van der Waals surface area (Å²) >= 11 is 1.63. The highest BCUT2D eigenvalue weighted by Gasteiger charge is 2.27. The van der Waals surface area contributed by atoms with Gasteiger partial charge in [-0.15, -0.1) is 22.0 Å². The van der Waals surface area contributed by atoms with Gasteiger partial charge in [-0.1, -0.05) is 12.1 Å². The van der Waals surface area contributed by atoms with Crippen LogP contribution in [0.15, 0.2) is 29.2 Å². The Morgan fingerprint density at radius 3 is 3.16 bits per heavy atom. The summed E-state index contributed by atoms with van der Waals surface area (Å²) in [7, 11) is 1.67. The number of para-hydroxylation sites is 1. The van der Waals surface area contributed by atoms with E-state index >= 15 is 0 Å². The highest BCUT2D eigenvalue weighted by atomic mass is 32.2. The zero-order valence-electron chi connectivity index (χ0n) is 10.3. The van der Waals surface area contributed by atoms with Crippen molar-refractivity contribution in [3.05, 3.63) is 30.1 Å². The highest BCUT2D eigenvalue weighted by molar-refractivity contribution is 7.99. The first-order valence-corrected chi connectivity index (χ1v) is 6.85. The maximum atomic E-state index is 12.1. The monoisotopic (exact) mass is 276 g/mol. The molecule has 0 fully saturated rings. The van der Waals surface area contributed by atoms with Crippen LogP contribution in [0.4, 0.5) is 0 Å². The number of fused-ring (bicyclic) bond motifs is 1. The molecule has 98 valence electrons. The number of aryl methyl sites for hydroxylation is 1. The highest BCUT2D eigenvalue weighted by Crippen LogP contribution is 2.35. The van der Waals surface area contributed by atoms with Crippen LogP contribution < -0.4 is 4.74 Å². The minimum atomic E-state index is -0.441. The molecule has 1 aliphatic rings. The normalized spacial score (nSPS) is 17.6. The molecule has 2 aromatic rings. The predicted molar refractivity (Wildman–Crippen MR) is 69.1 cm³/mol. The smallest absolute Gasteiger partial charge is 0.182 e. The second-order valence-corrected chi connectivity index (χ2v) is 5.26. The topological polar surface area (TPSA) is 69.9 Å². The molecule has 19 heavy (non-hydrogen) atoms. The molecule has 0 bridgehead atoms. The summed E-state index contributed by atoms with van der Waals surface area (Å²) in [6, 6.07) is 7.73. The summed E-state index contributed by atoms with van der Waals surface area (Å²) < 4.78 is 5.72. The number of carbonyl (C=O) groups is 1. The van der Waals surface area contributed by atoms with Crippen molar-refractivity contribution < 1.29 is 9.53 Å². The molecule has 7 heteroatoms. The van der Waals surface area contributed by atoms with Gasteiger partial charge in [-0.3, -0.25) is 4.79 Å². The van der Waals surface area contributed by atoms with Gasteiger partial charge < -0.3 is 4.74 Å². The molecule has 0 radical (unpaired) electrons. The summed E-state index contributed by atoms with van der Waals surface area (Å²) in [6.07, 6.45) is -0.287. The number of Topliss-reactive ketones (excluding diaryl/α,β-unsaturated/α-hetero) is 1. The molecule has 0 saturated heterocycles. The average molecular weight is 276 g/mol. The van der Waals surface area contributed by atoms with Crippen LogP contribution in [-0.4, -0.2) is 37.8 Å². The molecule has 0 spiro atoms. The molecule has 0 N–H and O–H groups in total. The van der Waals surface area contributed by atoms with Gasteiger partial charge in [0, 0.05) is 10.6 Å². The zero-order chi connectivity index (χ0) is 13.2. The molecule has 1 aromatic carbocycles. The Bertz CT molecular complexity index is 613. The number of benzene rings is 1. The van der Waals surface area contributed by atoms with Gasteiger partial charge in [0.1, 0.15) is 5.75 Å². The van der Waals surface area contributed by atoms with Crippen LogP contribution in [0.3, 0.4) is 0 Å². The van der Waals surface area contributed by atoms with E-state index in [0.29, 0.717) is 11.6 Å². The lowest BCUT2D eigenvalue weighted by Crippen LogP contribution is -2.33. The van der Waals surface area contributed by atoms with Crippen molar-refractivity contribution in [2.45, 2.75) is 17.4 Å². The summed E-state index contributed by atoms with van der Waals surface area (Å²) in [4.78, 5) is 14.5. The molecule has 1 aliphatic heterocycles. The lowest BCUT2D eigenvalue weighted by atomic mass is 10.2. The van der Waals surface area contributed by atoms with Crippen LogP contribution in [-0.2, 0) is 18.3 Å². The van der Waals surface area contributed by atoms with Gasteiger partial charge in [0.05, 0.1) is 13.5 Å². The third-order valence-electron chi connectivity index (χ3n) is 2.75. The first-order chi connectivity index (χ1) is 9.22. The number of ether oxygens (including phenoxy) is 1. The number of carbonyl (C=O) groups excluding carboxylic acids is 1. The number of hydrogen-bond acceptors (Lipinski definition) is 6. The first-order valence-electron chi connectivity index (χ1n) is 5.86. The second-order valence-electron chi connectivity index (χ2n) is 4.20. The maximum Gasteiger partial charge on any atom is 0.182 e. The number of nitrogens with zero attached hydrogens (tertiary/aromatic N) is 4. The quantitative estimate of drug-likeness (QED) is 0.828. The van der Waals surface area contributed by atoms with Gasteiger partial charge in [0.15, 0.2) is 17.7 Å². The second kappa shape index (κ2) is 5.00. The summed E-state index contributed by atoms with van der Waals surface area (Å²) in [5.41, 5.74) is 0. The third-order valence-corrected chi connectivity index (χ3v) is 3.87. The Labute approximate surface area is 114 Å². The van der Waals surface area contributed by atoms with Crippen molar-refractivity contribution in [1.82, 2.24) is 20.2 Å². The standard InChI is InChI=1S/C12H12N4O2S/c1-16-14-12(13-15-16)6-8(17)10-7-19-11-5-3-2-4-9(11)18-10/h2-5,10H,6-7H2,1H3. The molecule has 1 atom stereocenters. The van der Waals surface area contributed by atoms with Gasteiger partial charge in [-0.05, 0) is 17.3 Å². The molecular weight excluding hydrogens is 264 g/mol. The van der Waals surface area contributed by atoms with Crippen molar-refractivity contribution in [2.75, 3.05) is 5.75 Å². The fourth-order valence-electron chi connectivity index (χ4n) is 1.84. The van der Waals surface area contributed by atoms with Crippen LogP contribution in [0.5, 0.6) is 5.75 Å². The Morgan fingerprint density at radius 2 is 2.37 bits per heavy atom. The van der Waals surface area contributed by atoms with E-state index in [4.69, 9.17) is 4.74 Å². The average Bonchev–Trinajstić information content (AvgIpc) is 2.83. The van der Waals surface area contributed by atoms with Crippen LogP contribution in [0, 0.1) is 0 Å². The summed E-state index contributed by atoms with van der Waals surface area (Å²) in [5, 5.41) is 11.5. The predicted octanol–water partition coefficient (Wildman–Crippen LogP) is 0.875. The van der Waals surface area contributed by atoms with Crippen molar-refractivity contribution >= 4 is 17.5 Å². The molecule has 6 nitrogen and oxygen atoms in total. The SMILES string of the molecule is Cn1nnc(CC(=O)C2CSc3ccccc3O2)n1. The Balaban J connectivity index is 1.69. The van der Waals surface area contributed by atoms with E-state index in [0.717, 1.165) is 10.6 Å². The molecule has 2 heterocycles. The summed E-state index contributed by atoms with van der Waals surface area (Å²) in [6.45, 7) is 0. The number of aromatic nitrogens is 4. The van der Waals surface area contributed by atoms with Crippen LogP contribution in [0.25, 0.3) is 0 Å². The van der Waals surface area contributed by atoms with Gasteiger partial charge in [-0.2, -0.15) is 4.80 Å². The van der Waals surface area contributed by atoms with E-state index in [1.54, 1.807) is 18.8 Å². The van der Waals surface area contributed by atoms with Crippen LogP contribution in [0.2, 0.25) is 0 Å². The Morgan fingerprint density at radius 1 is 1.53 bits per heavy atom. The number of tetrazole rings is 1. The minimum Gasteiger partial charge on any atom is -0.481 e. The lowest BCUT2D eigenvalue weighted by Gasteiger charge is -2.24. The Hall–Kier alpha value is -1.89. The molecule has 0 saturated carbocycles. The van der Waals surface area contributed by atoms with Crippen molar-refractivity contribution in [2.24, 2.45) is 7.05 Å². The molecular formula is C12H12N4O2S. The van der Waals surface area contributed by atoms with Crippen molar-refractivity contribution in [3.8, 4) is 5.75 Å². The van der Waals surface area contributed by atoms with E-state index in [9.17, 15) is 4.79 Å². The Kier molecular flexibility index (Phi) is 3.20. The summed E-state index contributed by atoms with van der Waals surface area (Å²) in [5.74, 6) is 1.80. The van der Waals surface area contributed by atoms with E-state index in [1.807, 2.05) is 24.3 Å². The van der Waals surface area contributed by atoms with Crippen LogP contribution >= 0.6 is 11.8 Å². The van der Waals surface area contributed by atoms with E-state index in [1.165, 1.54) is 4.80 Å². The van der Waals surface area contributed by atoms with Gasteiger partial charge >= 0.3 is 0 Å².